The van der Waals surface area contributed by atoms with Gasteiger partial charge in [0, 0.05) is 5.70 Å². The van der Waals surface area contributed by atoms with E-state index >= 15 is 0 Å². The Morgan fingerprint density at radius 3 is 2.50 bits per heavy atom. The van der Waals surface area contributed by atoms with Crippen LogP contribution in [0.1, 0.15) is 40.0 Å². The van der Waals surface area contributed by atoms with Crippen molar-refractivity contribution in [1.29, 1.82) is 0 Å². The van der Waals surface area contributed by atoms with E-state index in [1.165, 1.54) is 0 Å². The zero-order valence-electron chi connectivity index (χ0n) is 9.55. The van der Waals surface area contributed by atoms with Gasteiger partial charge in [0.1, 0.15) is 5.76 Å². The molecule has 0 N–H and O–H groups in total. The van der Waals surface area contributed by atoms with Crippen LogP contribution in [0.5, 0.6) is 0 Å². The van der Waals surface area contributed by atoms with Crippen LogP contribution in [0, 0.1) is 0 Å². The Kier molecular flexibility index (Phi) is 6.81. The molecule has 0 spiro atoms. The van der Waals surface area contributed by atoms with Crippen molar-refractivity contribution in [2.75, 3.05) is 0 Å². The second-order valence-electron chi connectivity index (χ2n) is 3.40. The molecule has 0 fully saturated rings. The molecule has 0 saturated carbocycles. The quantitative estimate of drug-likeness (QED) is 0.448. The van der Waals surface area contributed by atoms with Gasteiger partial charge in [-0.2, -0.15) is 0 Å². The number of rotatable bonds is 7. The van der Waals surface area contributed by atoms with Crippen molar-refractivity contribution in [2.24, 2.45) is 4.99 Å². The van der Waals surface area contributed by atoms with Gasteiger partial charge in [-0.15, -0.1) is 0 Å². The highest BCUT2D eigenvalue weighted by atomic mass is 16.5. The van der Waals surface area contributed by atoms with Crippen LogP contribution in [0.25, 0.3) is 0 Å². The third-order valence-electron chi connectivity index (χ3n) is 1.81. The standard InChI is InChI=1S/C12H21NO/c1-6-8-12(7-2)14-11(5)9-13-10(3)4/h9,12H,3,5-8H2,1-2,4H3. The molecular formula is C12H21NO. The van der Waals surface area contributed by atoms with Gasteiger partial charge in [-0.25, -0.2) is 0 Å². The van der Waals surface area contributed by atoms with Crippen molar-refractivity contribution in [2.45, 2.75) is 46.1 Å². The van der Waals surface area contributed by atoms with Crippen LogP contribution < -0.4 is 0 Å². The summed E-state index contributed by atoms with van der Waals surface area (Å²) in [6, 6.07) is 0. The first-order valence-corrected chi connectivity index (χ1v) is 5.15. The summed E-state index contributed by atoms with van der Waals surface area (Å²) in [4.78, 5) is 4.03. The molecule has 0 rings (SSSR count). The summed E-state index contributed by atoms with van der Waals surface area (Å²) in [5.74, 6) is 0.619. The van der Waals surface area contributed by atoms with Crippen LogP contribution in [0.4, 0.5) is 0 Å². The lowest BCUT2D eigenvalue weighted by molar-refractivity contribution is 0.119. The van der Waals surface area contributed by atoms with E-state index in [4.69, 9.17) is 4.74 Å². The highest BCUT2D eigenvalue weighted by Crippen LogP contribution is 2.09. The molecule has 0 aliphatic rings. The molecule has 14 heavy (non-hydrogen) atoms. The number of hydrogen-bond acceptors (Lipinski definition) is 2. The third-order valence-corrected chi connectivity index (χ3v) is 1.81. The minimum absolute atomic E-state index is 0.268. The van der Waals surface area contributed by atoms with Crippen molar-refractivity contribution in [3.63, 3.8) is 0 Å². The van der Waals surface area contributed by atoms with Gasteiger partial charge in [0.25, 0.3) is 0 Å². The van der Waals surface area contributed by atoms with E-state index in [-0.39, 0.29) is 6.10 Å². The van der Waals surface area contributed by atoms with Gasteiger partial charge in [-0.05, 0) is 19.8 Å². The molecule has 0 aromatic heterocycles. The molecule has 2 nitrogen and oxygen atoms in total. The van der Waals surface area contributed by atoms with Gasteiger partial charge in [0.15, 0.2) is 0 Å². The van der Waals surface area contributed by atoms with Gasteiger partial charge >= 0.3 is 0 Å². The fraction of sp³-hybridized carbons (Fsp3) is 0.583. The van der Waals surface area contributed by atoms with Crippen LogP contribution in [0.15, 0.2) is 29.6 Å². The smallest absolute Gasteiger partial charge is 0.130 e. The van der Waals surface area contributed by atoms with Gasteiger partial charge in [-0.1, -0.05) is 33.4 Å². The molecule has 0 amide bonds. The second-order valence-corrected chi connectivity index (χ2v) is 3.40. The molecule has 1 unspecified atom stereocenters. The van der Waals surface area contributed by atoms with Crippen molar-refractivity contribution in [3.05, 3.63) is 24.6 Å². The Bertz CT molecular complexity index is 218. The van der Waals surface area contributed by atoms with E-state index in [9.17, 15) is 0 Å². The number of aliphatic imine (C=N–C) groups is 1. The molecule has 80 valence electrons. The zero-order valence-corrected chi connectivity index (χ0v) is 9.55. The highest BCUT2D eigenvalue weighted by molar-refractivity contribution is 5.75. The summed E-state index contributed by atoms with van der Waals surface area (Å²) in [7, 11) is 0. The van der Waals surface area contributed by atoms with Crippen LogP contribution in [0.3, 0.4) is 0 Å². The number of allylic oxidation sites excluding steroid dienone is 2. The van der Waals surface area contributed by atoms with Crippen LogP contribution in [0.2, 0.25) is 0 Å². The van der Waals surface area contributed by atoms with Crippen molar-refractivity contribution in [3.8, 4) is 0 Å². The number of hydrogen-bond donors (Lipinski definition) is 0. The minimum Gasteiger partial charge on any atom is -0.489 e. The minimum atomic E-state index is 0.268. The summed E-state index contributed by atoms with van der Waals surface area (Å²) in [5, 5.41) is 0. The largest absolute Gasteiger partial charge is 0.489 e. The molecule has 0 heterocycles. The van der Waals surface area contributed by atoms with Crippen LogP contribution in [-0.4, -0.2) is 12.3 Å². The average Bonchev–Trinajstić information content (AvgIpc) is 2.14. The summed E-state index contributed by atoms with van der Waals surface area (Å²) in [6.07, 6.45) is 5.10. The molecule has 0 saturated heterocycles. The fourth-order valence-corrected chi connectivity index (χ4v) is 1.10. The van der Waals surface area contributed by atoms with E-state index < -0.39 is 0 Å². The predicted molar refractivity (Wildman–Crippen MR) is 62.5 cm³/mol. The summed E-state index contributed by atoms with van der Waals surface area (Å²) >= 11 is 0. The van der Waals surface area contributed by atoms with E-state index in [2.05, 4.69) is 32.0 Å². The van der Waals surface area contributed by atoms with Gasteiger partial charge in [-0.3, -0.25) is 4.99 Å². The van der Waals surface area contributed by atoms with E-state index in [1.54, 1.807) is 6.21 Å². The van der Waals surface area contributed by atoms with Crippen molar-refractivity contribution >= 4 is 6.21 Å². The van der Waals surface area contributed by atoms with E-state index in [0.717, 1.165) is 25.0 Å². The van der Waals surface area contributed by atoms with Gasteiger partial charge in [0.2, 0.25) is 0 Å². The Labute approximate surface area is 87.4 Å². The monoisotopic (exact) mass is 195 g/mol. The average molecular weight is 195 g/mol. The predicted octanol–water partition coefficient (Wildman–Crippen LogP) is 3.70. The Hall–Kier alpha value is -1.05. The fourth-order valence-electron chi connectivity index (χ4n) is 1.10. The van der Waals surface area contributed by atoms with Crippen LogP contribution in [-0.2, 0) is 4.74 Å². The summed E-state index contributed by atoms with van der Waals surface area (Å²) in [5.41, 5.74) is 0.762. The lowest BCUT2D eigenvalue weighted by atomic mass is 10.1. The number of ether oxygens (including phenoxy) is 1. The maximum atomic E-state index is 5.61. The SMILES string of the molecule is C=C(C)N=CC(=C)OC(CC)CCC. The molecule has 0 bridgehead atoms. The first kappa shape index (κ1) is 12.9. The van der Waals surface area contributed by atoms with Gasteiger partial charge < -0.3 is 4.74 Å². The molecule has 0 aliphatic heterocycles. The molecule has 0 aromatic rings. The molecule has 0 aliphatic carbocycles. The van der Waals surface area contributed by atoms with Crippen molar-refractivity contribution < 1.29 is 4.74 Å². The Morgan fingerprint density at radius 2 is 2.07 bits per heavy atom. The van der Waals surface area contributed by atoms with Crippen molar-refractivity contribution in [1.82, 2.24) is 0 Å². The first-order chi connectivity index (χ1) is 6.60. The highest BCUT2D eigenvalue weighted by Gasteiger charge is 2.05. The molecule has 2 heteroatoms. The molecule has 1 atom stereocenters. The zero-order chi connectivity index (χ0) is 11.0. The van der Waals surface area contributed by atoms with Gasteiger partial charge in [0.05, 0.1) is 12.3 Å². The first-order valence-electron chi connectivity index (χ1n) is 5.15. The molecule has 0 radical (unpaired) electrons. The maximum absolute atomic E-state index is 5.61. The second kappa shape index (κ2) is 7.36. The Balaban J connectivity index is 3.96. The van der Waals surface area contributed by atoms with E-state index in [1.807, 2.05) is 6.92 Å². The maximum Gasteiger partial charge on any atom is 0.130 e. The lowest BCUT2D eigenvalue weighted by Crippen LogP contribution is -2.11. The third kappa shape index (κ3) is 6.46. The van der Waals surface area contributed by atoms with Crippen LogP contribution >= 0.6 is 0 Å². The topological polar surface area (TPSA) is 21.6 Å². The lowest BCUT2D eigenvalue weighted by Gasteiger charge is -2.16. The summed E-state index contributed by atoms with van der Waals surface area (Å²) < 4.78 is 5.61. The number of nitrogens with zero attached hydrogens (tertiary/aromatic N) is 1. The van der Waals surface area contributed by atoms with E-state index in [0.29, 0.717) is 5.76 Å². The summed E-state index contributed by atoms with van der Waals surface area (Å²) in [6.45, 7) is 13.6. The normalized spacial score (nSPS) is 12.8. The molecule has 0 aromatic carbocycles. The Morgan fingerprint density at radius 1 is 1.43 bits per heavy atom. The molecular weight excluding hydrogens is 174 g/mol.